The van der Waals surface area contributed by atoms with Crippen molar-refractivity contribution in [3.05, 3.63) is 138 Å². The smallest absolute Gasteiger partial charge is 0.338 e. The highest BCUT2D eigenvalue weighted by atomic mass is 16.7. The summed E-state index contributed by atoms with van der Waals surface area (Å²) in [6.07, 6.45) is -3.84. The normalized spacial score (nSPS) is 19.7. The van der Waals surface area contributed by atoms with Crippen LogP contribution in [-0.4, -0.2) is 60.5 Å². The van der Waals surface area contributed by atoms with Gasteiger partial charge in [0, 0.05) is 0 Å². The van der Waals surface area contributed by atoms with E-state index >= 15 is 0 Å². The first-order valence-electron chi connectivity index (χ1n) is 13.4. The van der Waals surface area contributed by atoms with E-state index in [0.29, 0.717) is 11.3 Å². The number of esters is 3. The van der Waals surface area contributed by atoms with Crippen molar-refractivity contribution in [3.63, 3.8) is 0 Å². The van der Waals surface area contributed by atoms with Gasteiger partial charge in [0.05, 0.1) is 29.5 Å². The molecular weight excluding hydrogens is 554 g/mol. The van der Waals surface area contributed by atoms with Gasteiger partial charge >= 0.3 is 17.9 Å². The molecule has 0 unspecified atom stereocenters. The number of carbonyl (C=O) groups excluding carboxylic acids is 3. The molecule has 0 amide bonds. The Bertz CT molecular complexity index is 1540. The third-order valence-electron chi connectivity index (χ3n) is 6.50. The number of oxime groups is 1. The Morgan fingerprint density at radius 1 is 0.651 bits per heavy atom. The number of ether oxygens (including phenoxy) is 5. The molecular formula is C33H27NO9. The number of carbonyl (C=O) groups is 3. The van der Waals surface area contributed by atoms with Gasteiger partial charge in [0.15, 0.2) is 12.2 Å². The van der Waals surface area contributed by atoms with Gasteiger partial charge in [0.1, 0.15) is 5.75 Å². The van der Waals surface area contributed by atoms with E-state index in [2.05, 4.69) is 5.16 Å². The van der Waals surface area contributed by atoms with Crippen LogP contribution in [0.5, 0.6) is 5.75 Å². The molecule has 1 aliphatic rings. The van der Waals surface area contributed by atoms with E-state index in [1.807, 2.05) is 0 Å². The molecule has 1 aliphatic heterocycles. The zero-order valence-electron chi connectivity index (χ0n) is 22.7. The van der Waals surface area contributed by atoms with Crippen molar-refractivity contribution in [2.75, 3.05) is 6.61 Å². The van der Waals surface area contributed by atoms with Gasteiger partial charge in [-0.1, -0.05) is 59.8 Å². The van der Waals surface area contributed by atoms with Gasteiger partial charge in [-0.25, -0.2) is 14.4 Å². The molecule has 0 saturated carbocycles. The highest BCUT2D eigenvalue weighted by Gasteiger charge is 2.49. The Hall–Kier alpha value is -5.48. The average molecular weight is 582 g/mol. The third kappa shape index (κ3) is 7.43. The molecule has 0 aromatic heterocycles. The predicted octanol–water partition coefficient (Wildman–Crippen LogP) is 4.91. The van der Waals surface area contributed by atoms with E-state index < -0.39 is 42.5 Å². The van der Waals surface area contributed by atoms with Crippen LogP contribution < -0.4 is 4.74 Å². The molecule has 1 fully saturated rings. The van der Waals surface area contributed by atoms with Crippen molar-refractivity contribution < 1.29 is 43.3 Å². The van der Waals surface area contributed by atoms with E-state index in [0.717, 1.165) is 0 Å². The standard InChI is InChI=1S/C33H27NO9/c35-30(23-10-4-1-5-11-23)41-27-21-39-33(40-26-18-16-22(17-19-26)20-34-38)29(43-32(37)25-14-8-3-9-15-25)28(27)42-31(36)24-12-6-2-7-13-24/h1-20,27-29,33,38H,21H2/b34-20-/t27-,28+,29-,33+/m1/s1. The maximum absolute atomic E-state index is 13.3. The van der Waals surface area contributed by atoms with Gasteiger partial charge in [-0.3, -0.25) is 0 Å². The van der Waals surface area contributed by atoms with Crippen LogP contribution in [0.1, 0.15) is 36.6 Å². The number of hydrogen-bond acceptors (Lipinski definition) is 10. The van der Waals surface area contributed by atoms with Crippen molar-refractivity contribution >= 4 is 24.1 Å². The van der Waals surface area contributed by atoms with E-state index in [4.69, 9.17) is 28.9 Å². The fraction of sp³-hybridized carbons (Fsp3) is 0.152. The first-order chi connectivity index (χ1) is 21.0. The Morgan fingerprint density at radius 2 is 1.12 bits per heavy atom. The Morgan fingerprint density at radius 3 is 1.60 bits per heavy atom. The highest BCUT2D eigenvalue weighted by molar-refractivity contribution is 5.91. The minimum absolute atomic E-state index is 0.232. The minimum atomic E-state index is -1.36. The van der Waals surface area contributed by atoms with Crippen LogP contribution >= 0.6 is 0 Å². The van der Waals surface area contributed by atoms with Crippen LogP contribution in [-0.2, 0) is 18.9 Å². The number of rotatable bonds is 9. The molecule has 1 heterocycles. The van der Waals surface area contributed by atoms with Gasteiger partial charge in [-0.05, 0) is 66.2 Å². The lowest BCUT2D eigenvalue weighted by Gasteiger charge is -2.40. The summed E-state index contributed by atoms with van der Waals surface area (Å²) in [5.74, 6) is -1.80. The SMILES string of the molecule is O=C(O[C@@H]1[C@@H](OC(=O)c2ccccc2)[C@H](Oc2ccc(/C=N\O)cc2)OC[C@H]1OC(=O)c1ccccc1)c1ccccc1. The van der Waals surface area contributed by atoms with Crippen molar-refractivity contribution in [2.24, 2.45) is 5.16 Å². The molecule has 4 atom stereocenters. The monoisotopic (exact) mass is 581 g/mol. The Balaban J connectivity index is 1.48. The van der Waals surface area contributed by atoms with Crippen molar-refractivity contribution in [1.82, 2.24) is 0 Å². The summed E-state index contributed by atoms with van der Waals surface area (Å²) >= 11 is 0. The molecule has 4 aromatic rings. The molecule has 1 N–H and O–H groups in total. The van der Waals surface area contributed by atoms with Gasteiger partial charge in [0.2, 0.25) is 12.4 Å². The van der Waals surface area contributed by atoms with Crippen LogP contribution in [0.2, 0.25) is 0 Å². The van der Waals surface area contributed by atoms with Gasteiger partial charge < -0.3 is 28.9 Å². The molecule has 218 valence electrons. The van der Waals surface area contributed by atoms with E-state index in [1.165, 1.54) is 6.21 Å². The molecule has 4 aromatic carbocycles. The van der Waals surface area contributed by atoms with Crippen LogP contribution in [0.15, 0.2) is 120 Å². The zero-order valence-corrected chi connectivity index (χ0v) is 22.7. The average Bonchev–Trinajstić information content (AvgIpc) is 3.05. The first-order valence-corrected chi connectivity index (χ1v) is 13.4. The number of benzene rings is 4. The summed E-state index contributed by atoms with van der Waals surface area (Å²) in [5, 5.41) is 11.8. The topological polar surface area (TPSA) is 130 Å². The van der Waals surface area contributed by atoms with Gasteiger partial charge in [-0.2, -0.15) is 0 Å². The fourth-order valence-corrected chi connectivity index (χ4v) is 4.36. The fourth-order valence-electron chi connectivity index (χ4n) is 4.36. The quantitative estimate of drug-likeness (QED) is 0.0964. The second-order valence-corrected chi connectivity index (χ2v) is 9.41. The van der Waals surface area contributed by atoms with Crippen LogP contribution in [0, 0.1) is 0 Å². The second kappa shape index (κ2) is 13.9. The molecule has 0 aliphatic carbocycles. The Labute approximate surface area is 247 Å². The molecule has 0 radical (unpaired) electrons. The Kier molecular flexibility index (Phi) is 9.40. The summed E-state index contributed by atoms with van der Waals surface area (Å²) in [6.45, 7) is -0.232. The molecule has 43 heavy (non-hydrogen) atoms. The number of nitrogens with zero attached hydrogens (tertiary/aromatic N) is 1. The highest BCUT2D eigenvalue weighted by Crippen LogP contribution is 2.29. The van der Waals surface area contributed by atoms with Crippen LogP contribution in [0.3, 0.4) is 0 Å². The van der Waals surface area contributed by atoms with Crippen molar-refractivity contribution in [1.29, 1.82) is 0 Å². The lowest BCUT2D eigenvalue weighted by atomic mass is 10.0. The van der Waals surface area contributed by atoms with Crippen molar-refractivity contribution in [3.8, 4) is 5.75 Å². The molecule has 5 rings (SSSR count). The number of hydrogen-bond donors (Lipinski definition) is 1. The van der Waals surface area contributed by atoms with E-state index in [1.54, 1.807) is 115 Å². The summed E-state index contributed by atoms with van der Waals surface area (Å²) in [5.41, 5.74) is 1.37. The zero-order chi connectivity index (χ0) is 30.0. The first kappa shape index (κ1) is 29.0. The van der Waals surface area contributed by atoms with Crippen LogP contribution in [0.25, 0.3) is 0 Å². The summed E-state index contributed by atoms with van der Waals surface area (Å²) in [4.78, 5) is 39.6. The summed E-state index contributed by atoms with van der Waals surface area (Å²) < 4.78 is 29.5. The molecule has 10 nitrogen and oxygen atoms in total. The lowest BCUT2D eigenvalue weighted by molar-refractivity contribution is -0.241. The summed E-state index contributed by atoms with van der Waals surface area (Å²) in [7, 11) is 0. The summed E-state index contributed by atoms with van der Waals surface area (Å²) in [6, 6.07) is 31.3. The van der Waals surface area contributed by atoms with Gasteiger partial charge in [-0.15, -0.1) is 0 Å². The lowest BCUT2D eigenvalue weighted by Crippen LogP contribution is -2.59. The largest absolute Gasteiger partial charge is 0.461 e. The maximum atomic E-state index is 13.3. The molecule has 0 bridgehead atoms. The van der Waals surface area contributed by atoms with Crippen LogP contribution in [0.4, 0.5) is 0 Å². The van der Waals surface area contributed by atoms with Crippen molar-refractivity contribution in [2.45, 2.75) is 24.6 Å². The van der Waals surface area contributed by atoms with E-state index in [9.17, 15) is 14.4 Å². The second-order valence-electron chi connectivity index (χ2n) is 9.41. The third-order valence-corrected chi connectivity index (χ3v) is 6.50. The molecule has 10 heteroatoms. The van der Waals surface area contributed by atoms with E-state index in [-0.39, 0.29) is 23.3 Å². The molecule has 1 saturated heterocycles. The molecule has 0 spiro atoms. The minimum Gasteiger partial charge on any atom is -0.461 e. The maximum Gasteiger partial charge on any atom is 0.338 e. The van der Waals surface area contributed by atoms with Gasteiger partial charge in [0.25, 0.3) is 0 Å². The predicted molar refractivity (Wildman–Crippen MR) is 153 cm³/mol.